The molecule has 2 heterocycles. The summed E-state index contributed by atoms with van der Waals surface area (Å²) in [6.45, 7) is 1.17. The number of urea groups is 1. The molecule has 1 aromatic carbocycles. The SMILES string of the molecule is NC1=NC(=O)N(CCCn2ccnc2)C1c1ccc(Cl)c(F)c1. The standard InChI is InChI=1S/C15H15ClFN5O/c16-11-3-2-10(8-12(11)17)13-14(18)20-15(23)22(13)6-1-5-21-7-4-19-9-21/h2-4,7-9,13H,1,5-6H2,(H2,18,20,23). The third-order valence-corrected chi connectivity index (χ3v) is 4.00. The van der Waals surface area contributed by atoms with Crippen LogP contribution in [0.4, 0.5) is 9.18 Å². The number of rotatable bonds is 5. The fourth-order valence-corrected chi connectivity index (χ4v) is 2.72. The van der Waals surface area contributed by atoms with Gasteiger partial charge in [0.1, 0.15) is 17.7 Å². The summed E-state index contributed by atoms with van der Waals surface area (Å²) in [5.41, 5.74) is 6.42. The molecule has 1 unspecified atom stereocenters. The molecule has 6 nitrogen and oxygen atoms in total. The van der Waals surface area contributed by atoms with Gasteiger partial charge in [0.05, 0.1) is 11.3 Å². The number of aryl methyl sites for hydroxylation is 1. The Labute approximate surface area is 137 Å². The molecule has 3 rings (SSSR count). The number of carbonyl (C=O) groups is 1. The highest BCUT2D eigenvalue weighted by Crippen LogP contribution is 2.29. The van der Waals surface area contributed by atoms with Crippen molar-refractivity contribution in [1.82, 2.24) is 14.5 Å². The van der Waals surface area contributed by atoms with Crippen molar-refractivity contribution in [3.05, 3.63) is 53.3 Å². The van der Waals surface area contributed by atoms with Crippen molar-refractivity contribution in [1.29, 1.82) is 0 Å². The number of amidine groups is 1. The molecule has 0 saturated heterocycles. The van der Waals surface area contributed by atoms with Crippen LogP contribution in [0.1, 0.15) is 18.0 Å². The lowest BCUT2D eigenvalue weighted by Crippen LogP contribution is -2.34. The zero-order valence-corrected chi connectivity index (χ0v) is 12.9. The molecule has 0 radical (unpaired) electrons. The van der Waals surface area contributed by atoms with Crippen LogP contribution in [-0.2, 0) is 6.54 Å². The van der Waals surface area contributed by atoms with Crippen molar-refractivity contribution in [2.24, 2.45) is 10.7 Å². The number of carbonyl (C=O) groups excluding carboxylic acids is 1. The minimum absolute atomic E-state index is 0.0280. The minimum Gasteiger partial charge on any atom is -0.385 e. The molecule has 0 fully saturated rings. The maximum absolute atomic E-state index is 13.7. The van der Waals surface area contributed by atoms with Crippen molar-refractivity contribution >= 4 is 23.5 Å². The number of aromatic nitrogens is 2. The number of amides is 2. The van der Waals surface area contributed by atoms with Gasteiger partial charge in [-0.15, -0.1) is 0 Å². The highest BCUT2D eigenvalue weighted by molar-refractivity contribution is 6.30. The van der Waals surface area contributed by atoms with Crippen LogP contribution >= 0.6 is 11.6 Å². The number of nitrogens with zero attached hydrogens (tertiary/aromatic N) is 4. The maximum Gasteiger partial charge on any atom is 0.346 e. The van der Waals surface area contributed by atoms with Gasteiger partial charge in [-0.2, -0.15) is 4.99 Å². The molecule has 2 amide bonds. The molecule has 0 bridgehead atoms. The highest BCUT2D eigenvalue weighted by atomic mass is 35.5. The number of hydrogen-bond donors (Lipinski definition) is 1. The van der Waals surface area contributed by atoms with Crippen LogP contribution in [0.15, 0.2) is 41.9 Å². The normalized spacial score (nSPS) is 17.7. The van der Waals surface area contributed by atoms with Gasteiger partial charge in [-0.3, -0.25) is 0 Å². The number of halogens is 2. The van der Waals surface area contributed by atoms with E-state index < -0.39 is 17.9 Å². The van der Waals surface area contributed by atoms with Crippen LogP contribution in [0, 0.1) is 5.82 Å². The average Bonchev–Trinajstić information content (AvgIpc) is 3.11. The van der Waals surface area contributed by atoms with Gasteiger partial charge in [-0.05, 0) is 24.1 Å². The third kappa shape index (κ3) is 3.19. The Morgan fingerprint density at radius 3 is 2.87 bits per heavy atom. The van der Waals surface area contributed by atoms with Gasteiger partial charge in [0, 0.05) is 25.5 Å². The molecule has 1 aromatic heterocycles. The summed E-state index contributed by atoms with van der Waals surface area (Å²) in [5, 5.41) is 0.0280. The molecule has 1 aliphatic rings. The molecule has 8 heteroatoms. The lowest BCUT2D eigenvalue weighted by molar-refractivity contribution is 0.204. The second-order valence-corrected chi connectivity index (χ2v) is 5.65. The van der Waals surface area contributed by atoms with Crippen LogP contribution in [-0.4, -0.2) is 32.9 Å². The second-order valence-electron chi connectivity index (χ2n) is 5.24. The average molecular weight is 336 g/mol. The van der Waals surface area contributed by atoms with E-state index in [1.807, 2.05) is 10.8 Å². The Hall–Kier alpha value is -2.41. The summed E-state index contributed by atoms with van der Waals surface area (Å²) >= 11 is 5.70. The van der Waals surface area contributed by atoms with Gasteiger partial charge >= 0.3 is 6.03 Å². The topological polar surface area (TPSA) is 76.5 Å². The van der Waals surface area contributed by atoms with Crippen LogP contribution < -0.4 is 5.73 Å². The van der Waals surface area contributed by atoms with Crippen molar-refractivity contribution in [2.75, 3.05) is 6.54 Å². The number of benzene rings is 1. The molecular formula is C15H15ClFN5O. The first-order chi connectivity index (χ1) is 11.1. The monoisotopic (exact) mass is 335 g/mol. The van der Waals surface area contributed by atoms with Crippen molar-refractivity contribution in [3.63, 3.8) is 0 Å². The Kier molecular flexibility index (Phi) is 4.29. The molecule has 120 valence electrons. The lowest BCUT2D eigenvalue weighted by atomic mass is 10.0. The fraction of sp³-hybridized carbons (Fsp3) is 0.267. The predicted octanol–water partition coefficient (Wildman–Crippen LogP) is 2.60. The largest absolute Gasteiger partial charge is 0.385 e. The Bertz CT molecular complexity index is 746. The molecule has 0 saturated carbocycles. The number of aliphatic imine (C=N–C) groups is 1. The molecular weight excluding hydrogens is 321 g/mol. The summed E-state index contributed by atoms with van der Waals surface area (Å²) < 4.78 is 15.6. The van der Waals surface area contributed by atoms with E-state index in [1.165, 1.54) is 17.0 Å². The van der Waals surface area contributed by atoms with Gasteiger partial charge < -0.3 is 15.2 Å². The van der Waals surface area contributed by atoms with Crippen LogP contribution in [0.2, 0.25) is 5.02 Å². The number of nitrogens with two attached hydrogens (primary N) is 1. The van der Waals surface area contributed by atoms with E-state index in [4.69, 9.17) is 17.3 Å². The lowest BCUT2D eigenvalue weighted by Gasteiger charge is -2.24. The first-order valence-electron chi connectivity index (χ1n) is 7.11. The van der Waals surface area contributed by atoms with E-state index in [0.29, 0.717) is 25.1 Å². The Morgan fingerprint density at radius 2 is 2.17 bits per heavy atom. The quantitative estimate of drug-likeness (QED) is 0.912. The Balaban J connectivity index is 1.74. The zero-order valence-electron chi connectivity index (χ0n) is 12.2. The number of imidazole rings is 1. The molecule has 0 aliphatic carbocycles. The summed E-state index contributed by atoms with van der Waals surface area (Å²) in [4.78, 5) is 21.3. The van der Waals surface area contributed by atoms with Crippen molar-refractivity contribution < 1.29 is 9.18 Å². The minimum atomic E-state index is -0.558. The molecule has 2 aromatic rings. The van der Waals surface area contributed by atoms with E-state index in [9.17, 15) is 9.18 Å². The molecule has 23 heavy (non-hydrogen) atoms. The van der Waals surface area contributed by atoms with E-state index in [0.717, 1.165) is 0 Å². The van der Waals surface area contributed by atoms with Gasteiger partial charge in [-0.25, -0.2) is 14.2 Å². The smallest absolute Gasteiger partial charge is 0.346 e. The van der Waals surface area contributed by atoms with E-state index in [-0.39, 0.29) is 10.9 Å². The fourth-order valence-electron chi connectivity index (χ4n) is 2.61. The maximum atomic E-state index is 13.7. The zero-order chi connectivity index (χ0) is 16.4. The van der Waals surface area contributed by atoms with Crippen molar-refractivity contribution in [2.45, 2.75) is 19.0 Å². The van der Waals surface area contributed by atoms with Crippen LogP contribution in [0.3, 0.4) is 0 Å². The van der Waals surface area contributed by atoms with E-state index >= 15 is 0 Å². The van der Waals surface area contributed by atoms with Gasteiger partial charge in [0.15, 0.2) is 0 Å². The van der Waals surface area contributed by atoms with E-state index in [1.54, 1.807) is 18.6 Å². The Morgan fingerprint density at radius 1 is 1.35 bits per heavy atom. The molecule has 0 spiro atoms. The molecule has 1 aliphatic heterocycles. The highest BCUT2D eigenvalue weighted by Gasteiger charge is 2.34. The molecule has 2 N–H and O–H groups in total. The summed E-state index contributed by atoms with van der Waals surface area (Å²) in [7, 11) is 0. The second kappa shape index (κ2) is 6.37. The van der Waals surface area contributed by atoms with Gasteiger partial charge in [-0.1, -0.05) is 17.7 Å². The third-order valence-electron chi connectivity index (χ3n) is 3.70. The van der Waals surface area contributed by atoms with Gasteiger partial charge in [0.25, 0.3) is 0 Å². The van der Waals surface area contributed by atoms with E-state index in [2.05, 4.69) is 9.98 Å². The first-order valence-corrected chi connectivity index (χ1v) is 7.49. The molecule has 1 atom stereocenters. The number of hydrogen-bond acceptors (Lipinski definition) is 3. The summed E-state index contributed by atoms with van der Waals surface area (Å²) in [6, 6.07) is 3.42. The van der Waals surface area contributed by atoms with Gasteiger partial charge in [0.2, 0.25) is 0 Å². The van der Waals surface area contributed by atoms with Crippen LogP contribution in [0.25, 0.3) is 0 Å². The van der Waals surface area contributed by atoms with Crippen LogP contribution in [0.5, 0.6) is 0 Å². The predicted molar refractivity (Wildman–Crippen MR) is 84.7 cm³/mol. The first kappa shape index (κ1) is 15.5. The summed E-state index contributed by atoms with van der Waals surface area (Å²) in [5.74, 6) is -0.381. The summed E-state index contributed by atoms with van der Waals surface area (Å²) in [6.07, 6.45) is 5.96. The van der Waals surface area contributed by atoms with Crippen molar-refractivity contribution in [3.8, 4) is 0 Å².